The molecule has 0 bridgehead atoms. The number of hydrogen-bond donors (Lipinski definition) is 0. The topological polar surface area (TPSA) is 21.7 Å². The van der Waals surface area contributed by atoms with Gasteiger partial charge in [0.1, 0.15) is 23.0 Å². The SMILES string of the molecule is c1ccc(-c2ccc(-c3ccccc3N(c3cccc(-c4cccc5c4-c4ccccc4C54c5ccccc5Oc5ccccc54)c3)c3ccc4c(c3)C3(c5ccccc5Oc5ccccc53)c3ccccc3-4)cc2)cc1. The first-order valence-corrected chi connectivity index (χ1v) is 26.6. The van der Waals surface area contributed by atoms with E-state index in [1.807, 2.05) is 0 Å². The summed E-state index contributed by atoms with van der Waals surface area (Å²) in [5.74, 6) is 3.52. The van der Waals surface area contributed by atoms with E-state index in [1.165, 1.54) is 61.2 Å². The van der Waals surface area contributed by atoms with E-state index in [4.69, 9.17) is 9.47 Å². The van der Waals surface area contributed by atoms with Crippen LogP contribution in [0.1, 0.15) is 44.5 Å². The van der Waals surface area contributed by atoms with Gasteiger partial charge in [-0.05, 0) is 127 Å². The summed E-state index contributed by atoms with van der Waals surface area (Å²) in [5.41, 5.74) is 23.4. The minimum absolute atomic E-state index is 0.578. The Morgan fingerprint density at radius 3 is 1.29 bits per heavy atom. The molecule has 0 saturated carbocycles. The summed E-state index contributed by atoms with van der Waals surface area (Å²) in [6.07, 6.45) is 0. The number of para-hydroxylation sites is 5. The third-order valence-electron chi connectivity index (χ3n) is 16.8. The van der Waals surface area contributed by atoms with Crippen LogP contribution in [0.4, 0.5) is 17.1 Å². The summed E-state index contributed by atoms with van der Waals surface area (Å²) in [6, 6.07) is 104. The van der Waals surface area contributed by atoms with E-state index in [2.05, 4.69) is 290 Å². The number of nitrogens with zero attached hydrogens (tertiary/aromatic N) is 1. The largest absolute Gasteiger partial charge is 0.457 e. The molecule has 0 saturated heterocycles. The summed E-state index contributed by atoms with van der Waals surface area (Å²) < 4.78 is 13.5. The molecule has 3 heteroatoms. The number of benzene rings is 12. The Balaban J connectivity index is 0.931. The van der Waals surface area contributed by atoms with Gasteiger partial charge in [-0.1, -0.05) is 231 Å². The van der Waals surface area contributed by atoms with E-state index in [-0.39, 0.29) is 0 Å². The highest BCUT2D eigenvalue weighted by molar-refractivity contribution is 5.99. The number of hydrogen-bond acceptors (Lipinski definition) is 3. The lowest BCUT2D eigenvalue weighted by Crippen LogP contribution is -2.32. The average molecular weight is 982 g/mol. The van der Waals surface area contributed by atoms with Crippen molar-refractivity contribution in [2.24, 2.45) is 0 Å². The highest BCUT2D eigenvalue weighted by Gasteiger charge is 2.53. The van der Waals surface area contributed by atoms with Crippen LogP contribution in [-0.4, -0.2) is 0 Å². The smallest absolute Gasteiger partial charge is 0.132 e. The van der Waals surface area contributed by atoms with Gasteiger partial charge in [0.2, 0.25) is 0 Å². The zero-order valence-corrected chi connectivity index (χ0v) is 41.9. The van der Waals surface area contributed by atoms with Gasteiger partial charge in [-0.15, -0.1) is 0 Å². The lowest BCUT2D eigenvalue weighted by Gasteiger charge is -2.39. The first kappa shape index (κ1) is 43.4. The summed E-state index contributed by atoms with van der Waals surface area (Å²) in [4.78, 5) is 2.49. The average Bonchev–Trinajstić information content (AvgIpc) is 3.64. The van der Waals surface area contributed by atoms with E-state index < -0.39 is 10.8 Å². The van der Waals surface area contributed by atoms with Gasteiger partial charge >= 0.3 is 0 Å². The predicted molar refractivity (Wildman–Crippen MR) is 312 cm³/mol. The van der Waals surface area contributed by atoms with Crippen molar-refractivity contribution in [3.8, 4) is 78.6 Å². The summed E-state index contributed by atoms with van der Waals surface area (Å²) in [7, 11) is 0. The number of ether oxygens (including phenoxy) is 2. The second-order valence-electron chi connectivity index (χ2n) is 20.6. The standard InChI is InChI=1S/C74H47NO2/c1-2-20-48(21-3-1)49-40-42-50(43-41-49)54-24-6-13-35-67(54)75(53-44-45-57-56-25-4-7-28-59(56)74(66(57)47-53)63-32-11-16-38-70(63)77-71-39-17-12-33-64(71)74)52-23-18-22-51(46-52)55-27-19-34-65-72(55)58-26-5-8-29-60(58)73(65)61-30-9-14-36-68(61)76-69-37-15-10-31-62(69)73/h1-47H. The lowest BCUT2D eigenvalue weighted by molar-refractivity contribution is 0.436. The highest BCUT2D eigenvalue weighted by Crippen LogP contribution is 2.65. The molecule has 2 aliphatic carbocycles. The predicted octanol–water partition coefficient (Wildman–Crippen LogP) is 19.1. The molecule has 0 radical (unpaired) electrons. The second kappa shape index (κ2) is 16.8. The molecule has 0 amide bonds. The molecule has 12 aromatic rings. The van der Waals surface area contributed by atoms with Crippen LogP contribution >= 0.6 is 0 Å². The molecule has 0 fully saturated rings. The quantitative estimate of drug-likeness (QED) is 0.166. The van der Waals surface area contributed by atoms with Crippen LogP contribution in [0.2, 0.25) is 0 Å². The van der Waals surface area contributed by atoms with Crippen molar-refractivity contribution in [1.29, 1.82) is 0 Å². The van der Waals surface area contributed by atoms with Gasteiger partial charge in [0.15, 0.2) is 0 Å². The van der Waals surface area contributed by atoms with Crippen molar-refractivity contribution in [3.05, 3.63) is 330 Å². The summed E-state index contributed by atoms with van der Waals surface area (Å²) in [5, 5.41) is 0. The first-order chi connectivity index (χ1) is 38.2. The van der Waals surface area contributed by atoms with Crippen molar-refractivity contribution >= 4 is 17.1 Å². The maximum Gasteiger partial charge on any atom is 0.132 e. The minimum Gasteiger partial charge on any atom is -0.457 e. The molecule has 2 heterocycles. The van der Waals surface area contributed by atoms with Gasteiger partial charge in [0, 0.05) is 39.2 Å². The zero-order chi connectivity index (χ0) is 50.7. The molecule has 0 N–H and O–H groups in total. The molecular weight excluding hydrogens is 935 g/mol. The maximum atomic E-state index is 6.78. The van der Waals surface area contributed by atoms with Gasteiger partial charge in [0.25, 0.3) is 0 Å². The van der Waals surface area contributed by atoms with Crippen LogP contribution < -0.4 is 14.4 Å². The Morgan fingerprint density at radius 2 is 0.649 bits per heavy atom. The fourth-order valence-electron chi connectivity index (χ4n) is 13.8. The zero-order valence-electron chi connectivity index (χ0n) is 41.9. The monoisotopic (exact) mass is 981 g/mol. The molecule has 77 heavy (non-hydrogen) atoms. The summed E-state index contributed by atoms with van der Waals surface area (Å²) >= 11 is 0. The van der Waals surface area contributed by atoms with E-state index in [0.717, 1.165) is 79.0 Å². The molecule has 4 aliphatic rings. The molecular formula is C74H47NO2. The number of anilines is 3. The third-order valence-corrected chi connectivity index (χ3v) is 16.8. The van der Waals surface area contributed by atoms with Crippen LogP contribution in [0.5, 0.6) is 23.0 Å². The molecule has 3 nitrogen and oxygen atoms in total. The van der Waals surface area contributed by atoms with Gasteiger partial charge in [-0.25, -0.2) is 0 Å². The molecule has 0 unspecified atom stereocenters. The molecule has 2 spiro atoms. The van der Waals surface area contributed by atoms with Crippen molar-refractivity contribution in [3.63, 3.8) is 0 Å². The highest BCUT2D eigenvalue weighted by atomic mass is 16.5. The molecule has 16 rings (SSSR count). The molecule has 2 aliphatic heterocycles. The van der Waals surface area contributed by atoms with Crippen LogP contribution in [0.15, 0.2) is 285 Å². The van der Waals surface area contributed by atoms with E-state index >= 15 is 0 Å². The third kappa shape index (κ3) is 6.14. The molecule has 0 aromatic heterocycles. The minimum atomic E-state index is -0.636. The molecule has 0 atom stereocenters. The van der Waals surface area contributed by atoms with Crippen LogP contribution in [0, 0.1) is 0 Å². The van der Waals surface area contributed by atoms with Crippen molar-refractivity contribution in [2.75, 3.05) is 4.90 Å². The summed E-state index contributed by atoms with van der Waals surface area (Å²) in [6.45, 7) is 0. The first-order valence-electron chi connectivity index (χ1n) is 26.6. The Hall–Kier alpha value is -9.96. The molecule has 12 aromatic carbocycles. The Bertz CT molecular complexity index is 4270. The van der Waals surface area contributed by atoms with Gasteiger partial charge < -0.3 is 14.4 Å². The van der Waals surface area contributed by atoms with Crippen LogP contribution in [-0.2, 0) is 10.8 Å². The number of fused-ring (bicyclic) bond motifs is 18. The normalized spacial score (nSPS) is 13.9. The van der Waals surface area contributed by atoms with Crippen molar-refractivity contribution in [2.45, 2.75) is 10.8 Å². The Kier molecular flexibility index (Phi) is 9.47. The van der Waals surface area contributed by atoms with E-state index in [1.54, 1.807) is 0 Å². The van der Waals surface area contributed by atoms with Gasteiger partial charge in [-0.3, -0.25) is 0 Å². The van der Waals surface area contributed by atoms with Gasteiger partial charge in [-0.2, -0.15) is 0 Å². The van der Waals surface area contributed by atoms with E-state index in [9.17, 15) is 0 Å². The number of rotatable bonds is 6. The van der Waals surface area contributed by atoms with Crippen LogP contribution in [0.3, 0.4) is 0 Å². The Morgan fingerprint density at radius 1 is 0.234 bits per heavy atom. The molecule has 360 valence electrons. The fraction of sp³-hybridized carbons (Fsp3) is 0.0270. The van der Waals surface area contributed by atoms with Crippen LogP contribution in [0.25, 0.3) is 55.6 Å². The van der Waals surface area contributed by atoms with Crippen molar-refractivity contribution < 1.29 is 9.47 Å². The van der Waals surface area contributed by atoms with E-state index in [0.29, 0.717) is 0 Å². The van der Waals surface area contributed by atoms with Gasteiger partial charge in [0.05, 0.1) is 16.5 Å². The fourth-order valence-corrected chi connectivity index (χ4v) is 13.8. The second-order valence-corrected chi connectivity index (χ2v) is 20.6. The maximum absolute atomic E-state index is 6.78. The Labute approximate surface area is 448 Å². The van der Waals surface area contributed by atoms with Crippen molar-refractivity contribution in [1.82, 2.24) is 0 Å². The lowest BCUT2D eigenvalue weighted by atomic mass is 9.66.